The molecule has 0 radical (unpaired) electrons. The third kappa shape index (κ3) is 5.86. The van der Waals surface area contributed by atoms with Crippen molar-refractivity contribution in [2.75, 3.05) is 24.3 Å². The minimum Gasteiger partial charge on any atom is -0.481 e. The SMILES string of the molecule is COc1cc(Nc2nc(N[C@@H]3C(Cc4ccccc4)N(C(=O)O)CC[C@H]3N)c(F)cc2C(N)=O)ccn1. The van der Waals surface area contributed by atoms with Gasteiger partial charge in [0.05, 0.1) is 24.8 Å². The van der Waals surface area contributed by atoms with Crippen LogP contribution in [0, 0.1) is 5.82 Å². The average molecular weight is 510 g/mol. The number of pyridine rings is 2. The van der Waals surface area contributed by atoms with E-state index in [1.54, 1.807) is 12.1 Å². The molecule has 0 spiro atoms. The van der Waals surface area contributed by atoms with Crippen molar-refractivity contribution in [2.24, 2.45) is 11.5 Å². The number of aromatic nitrogens is 2. The molecule has 7 N–H and O–H groups in total. The number of rotatable bonds is 8. The number of carbonyl (C=O) groups is 2. The van der Waals surface area contributed by atoms with E-state index in [1.807, 2.05) is 30.3 Å². The van der Waals surface area contributed by atoms with Crippen LogP contribution in [0.2, 0.25) is 0 Å². The van der Waals surface area contributed by atoms with Crippen LogP contribution in [-0.4, -0.2) is 63.8 Å². The van der Waals surface area contributed by atoms with Crippen molar-refractivity contribution in [3.8, 4) is 5.88 Å². The highest BCUT2D eigenvalue weighted by Crippen LogP contribution is 2.28. The predicted molar refractivity (Wildman–Crippen MR) is 135 cm³/mol. The van der Waals surface area contributed by atoms with Crippen molar-refractivity contribution in [3.05, 3.63) is 71.7 Å². The molecule has 1 aliphatic rings. The topological polar surface area (TPSA) is 169 Å². The standard InChI is InChI=1S/C25H28FN7O4/c1-37-20-12-15(7-9-29-20)30-23-16(22(28)34)13-17(26)24(32-23)31-21-18(27)8-10-33(25(35)36)19(21)11-14-5-3-2-4-6-14/h2-7,9,12-13,18-19,21H,8,10-11,27H2,1H3,(H2,28,34)(H,35,36)(H2,29,30,31,32)/t18-,19?,21+/m1/s1. The van der Waals surface area contributed by atoms with Crippen LogP contribution in [0.25, 0.3) is 0 Å². The molecule has 1 unspecified atom stereocenters. The number of likely N-dealkylation sites (tertiary alicyclic amines) is 1. The largest absolute Gasteiger partial charge is 0.481 e. The number of hydrogen-bond acceptors (Lipinski definition) is 8. The van der Waals surface area contributed by atoms with Gasteiger partial charge in [0.15, 0.2) is 11.6 Å². The minimum atomic E-state index is -1.09. The first-order valence-corrected chi connectivity index (χ1v) is 11.6. The first-order valence-electron chi connectivity index (χ1n) is 11.6. The molecule has 1 aliphatic heterocycles. The van der Waals surface area contributed by atoms with Gasteiger partial charge in [-0.1, -0.05) is 30.3 Å². The predicted octanol–water partition coefficient (Wildman–Crippen LogP) is 2.57. The van der Waals surface area contributed by atoms with Gasteiger partial charge in [0.1, 0.15) is 5.82 Å². The van der Waals surface area contributed by atoms with Gasteiger partial charge in [0, 0.05) is 30.5 Å². The second kappa shape index (κ2) is 11.1. The molecule has 0 aliphatic carbocycles. The zero-order chi connectivity index (χ0) is 26.5. The highest BCUT2D eigenvalue weighted by molar-refractivity contribution is 5.98. The zero-order valence-electron chi connectivity index (χ0n) is 20.1. The number of piperidine rings is 1. The summed E-state index contributed by atoms with van der Waals surface area (Å²) in [6.45, 7) is 0.249. The second-order valence-electron chi connectivity index (χ2n) is 8.65. The van der Waals surface area contributed by atoms with E-state index >= 15 is 4.39 Å². The second-order valence-corrected chi connectivity index (χ2v) is 8.65. The van der Waals surface area contributed by atoms with Gasteiger partial charge in [0.25, 0.3) is 5.91 Å². The number of carbonyl (C=O) groups excluding carboxylic acids is 1. The number of anilines is 3. The van der Waals surface area contributed by atoms with Crippen molar-refractivity contribution in [1.29, 1.82) is 0 Å². The van der Waals surface area contributed by atoms with Crippen LogP contribution in [0.1, 0.15) is 22.3 Å². The number of methoxy groups -OCH3 is 1. The summed E-state index contributed by atoms with van der Waals surface area (Å²) >= 11 is 0. The van der Waals surface area contributed by atoms with Crippen molar-refractivity contribution >= 4 is 29.3 Å². The summed E-state index contributed by atoms with van der Waals surface area (Å²) in [5.41, 5.74) is 13.1. The van der Waals surface area contributed by atoms with Crippen LogP contribution < -0.4 is 26.8 Å². The van der Waals surface area contributed by atoms with E-state index in [9.17, 15) is 14.7 Å². The highest BCUT2D eigenvalue weighted by atomic mass is 19.1. The Morgan fingerprint density at radius 2 is 1.97 bits per heavy atom. The molecule has 3 aromatic rings. The number of hydrogen-bond donors (Lipinski definition) is 5. The van der Waals surface area contributed by atoms with Crippen LogP contribution in [0.4, 0.5) is 26.5 Å². The number of carboxylic acid groups (broad SMARTS) is 1. The van der Waals surface area contributed by atoms with Crippen molar-refractivity contribution < 1.29 is 23.8 Å². The number of primary amides is 1. The fourth-order valence-corrected chi connectivity index (χ4v) is 4.41. The maximum Gasteiger partial charge on any atom is 0.407 e. The molecule has 0 saturated carbocycles. The lowest BCUT2D eigenvalue weighted by atomic mass is 9.87. The van der Waals surface area contributed by atoms with Gasteiger partial charge in [-0.25, -0.2) is 19.2 Å². The summed E-state index contributed by atoms with van der Waals surface area (Å²) in [6, 6.07) is 11.8. The number of nitrogens with one attached hydrogen (secondary N) is 2. The molecule has 2 aromatic heterocycles. The third-order valence-corrected chi connectivity index (χ3v) is 6.26. The average Bonchev–Trinajstić information content (AvgIpc) is 2.88. The Balaban J connectivity index is 1.69. The summed E-state index contributed by atoms with van der Waals surface area (Å²) in [4.78, 5) is 33.7. The Labute approximate surface area is 212 Å². The van der Waals surface area contributed by atoms with Crippen LogP contribution in [-0.2, 0) is 6.42 Å². The normalized spacial score (nSPS) is 19.2. The molecule has 4 rings (SSSR count). The van der Waals surface area contributed by atoms with E-state index in [2.05, 4.69) is 20.6 Å². The molecule has 1 saturated heterocycles. The van der Waals surface area contributed by atoms with Gasteiger partial charge in [0.2, 0.25) is 5.88 Å². The van der Waals surface area contributed by atoms with Crippen LogP contribution in [0.15, 0.2) is 54.7 Å². The lowest BCUT2D eigenvalue weighted by Gasteiger charge is -2.43. The highest BCUT2D eigenvalue weighted by Gasteiger charge is 2.39. The van der Waals surface area contributed by atoms with E-state index in [4.69, 9.17) is 16.2 Å². The molecule has 37 heavy (non-hydrogen) atoms. The molecular weight excluding hydrogens is 481 g/mol. The third-order valence-electron chi connectivity index (χ3n) is 6.26. The minimum absolute atomic E-state index is 0.00346. The number of ether oxygens (including phenoxy) is 1. The molecule has 3 atom stereocenters. The number of halogens is 1. The lowest BCUT2D eigenvalue weighted by Crippen LogP contribution is -2.62. The fourth-order valence-electron chi connectivity index (χ4n) is 4.41. The Kier molecular flexibility index (Phi) is 7.68. The van der Waals surface area contributed by atoms with E-state index in [-0.39, 0.29) is 23.7 Å². The molecule has 3 heterocycles. The quantitative estimate of drug-likeness (QED) is 0.306. The van der Waals surface area contributed by atoms with Crippen molar-refractivity contribution in [2.45, 2.75) is 31.0 Å². The van der Waals surface area contributed by atoms with E-state index in [1.165, 1.54) is 18.2 Å². The van der Waals surface area contributed by atoms with E-state index < -0.39 is 35.9 Å². The molecule has 12 heteroatoms. The molecule has 0 bridgehead atoms. The molecule has 194 valence electrons. The molecule has 11 nitrogen and oxygen atoms in total. The van der Waals surface area contributed by atoms with Gasteiger partial charge in [-0.05, 0) is 30.5 Å². The van der Waals surface area contributed by atoms with Gasteiger partial charge < -0.3 is 36.8 Å². The number of benzene rings is 1. The van der Waals surface area contributed by atoms with Crippen molar-refractivity contribution in [3.63, 3.8) is 0 Å². The molecule has 1 fully saturated rings. The fraction of sp³-hybridized carbons (Fsp3) is 0.280. The maximum absolute atomic E-state index is 15.2. The van der Waals surface area contributed by atoms with E-state index in [0.717, 1.165) is 11.6 Å². The Hall–Kier alpha value is -4.45. The Morgan fingerprint density at radius 3 is 2.65 bits per heavy atom. The van der Waals surface area contributed by atoms with Crippen molar-refractivity contribution in [1.82, 2.24) is 14.9 Å². The first kappa shape index (κ1) is 25.6. The van der Waals surface area contributed by atoms with Gasteiger partial charge in [-0.3, -0.25) is 4.79 Å². The number of nitrogens with two attached hydrogens (primary N) is 2. The summed E-state index contributed by atoms with van der Waals surface area (Å²) in [5, 5.41) is 15.8. The number of nitrogens with zero attached hydrogens (tertiary/aromatic N) is 3. The Morgan fingerprint density at radius 1 is 1.22 bits per heavy atom. The molecular formula is C25H28FN7O4. The lowest BCUT2D eigenvalue weighted by molar-refractivity contribution is 0.0945. The summed E-state index contributed by atoms with van der Waals surface area (Å²) in [7, 11) is 1.46. The van der Waals surface area contributed by atoms with Gasteiger partial charge in [-0.2, -0.15) is 0 Å². The monoisotopic (exact) mass is 509 g/mol. The summed E-state index contributed by atoms with van der Waals surface area (Å²) in [5.74, 6) is -1.58. The molecule has 2 amide bonds. The summed E-state index contributed by atoms with van der Waals surface area (Å²) < 4.78 is 20.3. The maximum atomic E-state index is 15.2. The van der Waals surface area contributed by atoms with E-state index in [0.29, 0.717) is 24.4 Å². The smallest absolute Gasteiger partial charge is 0.407 e. The zero-order valence-corrected chi connectivity index (χ0v) is 20.1. The van der Waals surface area contributed by atoms with Crippen LogP contribution in [0.3, 0.4) is 0 Å². The molecule has 1 aromatic carbocycles. The summed E-state index contributed by atoms with van der Waals surface area (Å²) in [6.07, 6.45) is 1.13. The van der Waals surface area contributed by atoms with Crippen LogP contribution in [0.5, 0.6) is 5.88 Å². The van der Waals surface area contributed by atoms with Crippen LogP contribution >= 0.6 is 0 Å². The van der Waals surface area contributed by atoms with Gasteiger partial charge >= 0.3 is 6.09 Å². The van der Waals surface area contributed by atoms with Gasteiger partial charge in [-0.15, -0.1) is 0 Å². The number of amides is 2. The Bertz CT molecular complexity index is 1280. The first-order chi connectivity index (χ1) is 17.8.